The van der Waals surface area contributed by atoms with Gasteiger partial charge in [-0.2, -0.15) is 0 Å². The molecule has 0 aromatic rings. The van der Waals surface area contributed by atoms with Crippen molar-refractivity contribution in [1.29, 1.82) is 0 Å². The van der Waals surface area contributed by atoms with Gasteiger partial charge < -0.3 is 120 Å². The van der Waals surface area contributed by atoms with Crippen molar-refractivity contribution in [3.8, 4) is 12.3 Å². The molecule has 0 radical (unpaired) electrons. The number of carboxylic acids is 9. The number of terminal acetylenes is 1. The quantitative estimate of drug-likeness (QED) is 0.0215. The van der Waals surface area contributed by atoms with Gasteiger partial charge in [0, 0.05) is 102 Å². The van der Waals surface area contributed by atoms with Crippen LogP contribution in [0, 0.1) is 12.3 Å². The molecular weight excluding hydrogens is 1240 g/mol. The number of aliphatic carboxylic acids is 9. The summed E-state index contributed by atoms with van der Waals surface area (Å²) < 4.78 is 5.28. The molecule has 0 bridgehead atoms. The van der Waals surface area contributed by atoms with Crippen LogP contribution in [0.15, 0.2) is 0 Å². The van der Waals surface area contributed by atoms with Gasteiger partial charge in [0.05, 0.1) is 6.61 Å². The second-order valence-corrected chi connectivity index (χ2v) is 18.6. The number of rotatable bonds is 45. The first-order chi connectivity index (χ1) is 35.8. The fourth-order valence-corrected chi connectivity index (χ4v) is 8.47. The molecular formula is C48H62N5Na9O24. The molecule has 29 nitrogen and oxygen atoms in total. The second-order valence-electron chi connectivity index (χ2n) is 18.6. The second kappa shape index (κ2) is 58.7. The van der Waals surface area contributed by atoms with Crippen molar-refractivity contribution in [2.24, 2.45) is 0 Å². The maximum absolute atomic E-state index is 14.3. The third kappa shape index (κ3) is 53.5. The van der Waals surface area contributed by atoms with Crippen LogP contribution in [0.5, 0.6) is 0 Å². The van der Waals surface area contributed by atoms with Gasteiger partial charge >= 0.3 is 266 Å². The summed E-state index contributed by atoms with van der Waals surface area (Å²) in [6.45, 7) is -0.0847. The van der Waals surface area contributed by atoms with E-state index in [4.69, 9.17) is 11.2 Å². The smallest absolute Gasteiger partial charge is 0.550 e. The van der Waals surface area contributed by atoms with Crippen molar-refractivity contribution >= 4 is 83.3 Å². The number of nitrogens with one attached hydrogen (secondary N) is 5. The Morgan fingerprint density at radius 1 is 0.349 bits per heavy atom. The Morgan fingerprint density at radius 3 is 0.709 bits per heavy atom. The monoisotopic (exact) mass is 1300 g/mol. The first-order valence-electron chi connectivity index (χ1n) is 24.1. The topological polar surface area (TPSA) is 516 Å². The van der Waals surface area contributed by atoms with Crippen LogP contribution in [0.25, 0.3) is 0 Å². The van der Waals surface area contributed by atoms with Crippen molar-refractivity contribution in [2.75, 3.05) is 13.2 Å². The van der Waals surface area contributed by atoms with Crippen LogP contribution in [0.4, 0.5) is 0 Å². The molecule has 0 aliphatic rings. The molecule has 5 amide bonds. The number of hydrogen-bond donors (Lipinski definition) is 5. The van der Waals surface area contributed by atoms with Crippen LogP contribution in [-0.4, -0.2) is 125 Å². The molecule has 38 heteroatoms. The van der Waals surface area contributed by atoms with E-state index in [1.54, 1.807) is 0 Å². The predicted octanol–water partition coefficient (Wildman–Crippen LogP) is -38.3. The van der Waals surface area contributed by atoms with Crippen molar-refractivity contribution < 1.29 is 384 Å². The van der Waals surface area contributed by atoms with Gasteiger partial charge in [-0.05, 0) is 135 Å². The fraction of sp³-hybridized carbons (Fsp3) is 0.667. The predicted molar refractivity (Wildman–Crippen MR) is 237 cm³/mol. The Bertz CT molecular complexity index is 1880. The van der Waals surface area contributed by atoms with E-state index in [1.165, 1.54) is 0 Å². The first kappa shape index (κ1) is 109. The number of hydrogen-bond acceptors (Lipinski definition) is 24. The van der Waals surface area contributed by atoms with Gasteiger partial charge in [0.2, 0.25) is 29.5 Å². The molecule has 5 N–H and O–H groups in total. The minimum atomic E-state index is -2.15. The van der Waals surface area contributed by atoms with Gasteiger partial charge in [0.25, 0.3) is 0 Å². The van der Waals surface area contributed by atoms with Gasteiger partial charge in [-0.3, -0.25) is 24.0 Å². The van der Waals surface area contributed by atoms with Gasteiger partial charge in [-0.25, -0.2) is 0 Å². The number of carbonyl (C=O) groups is 14. The molecule has 0 aromatic heterocycles. The van der Waals surface area contributed by atoms with E-state index in [9.17, 15) is 113 Å². The third-order valence-electron chi connectivity index (χ3n) is 12.5. The van der Waals surface area contributed by atoms with Crippen molar-refractivity contribution in [2.45, 2.75) is 189 Å². The SMILES string of the molecule is C#CCOC[C@H](NC(C)=O)C(=O)NC(CCC(=O)NC(CCC(=O)[O-])(CCC(=O)[O-])CCC(=O)[O-])(CCC(=O)NC(CCC(=O)[O-])(CCC(=O)[O-])CCC(=O)[O-])CCC(=O)NC(CCC(=O)[O-])(CCC(=O)[O-])CCC(=O)[O-].[Na+].[Na+].[Na+].[Na+].[Na+].[Na+].[Na+].[Na+].[Na+]. The van der Waals surface area contributed by atoms with Crippen molar-refractivity contribution in [3.63, 3.8) is 0 Å². The van der Waals surface area contributed by atoms with Crippen LogP contribution < -0.4 is 339 Å². The summed E-state index contributed by atoms with van der Waals surface area (Å²) in [4.78, 5) is 173. The number of carbonyl (C=O) groups excluding carboxylic acids is 14. The summed E-state index contributed by atoms with van der Waals surface area (Å²) in [5.74, 6) is -18.5. The molecule has 0 aliphatic carbocycles. The first-order valence-corrected chi connectivity index (χ1v) is 24.1. The normalized spacial score (nSPS) is 10.7. The molecule has 86 heavy (non-hydrogen) atoms. The molecule has 0 aromatic carbocycles. The fourth-order valence-electron chi connectivity index (χ4n) is 8.47. The summed E-state index contributed by atoms with van der Waals surface area (Å²) in [7, 11) is 0. The molecule has 0 spiro atoms. The Kier molecular flexibility index (Phi) is 74.1. The molecule has 0 rings (SSSR count). The summed E-state index contributed by atoms with van der Waals surface area (Å²) in [6, 6.07) is -1.67. The molecule has 0 aliphatic heterocycles. The standard InChI is InChI=1S/C48H71N5O24.9Na/c1-3-28-77-29-31(49-30(2)54)44(76)53-48(16-4-32(55)50-45(19-7-35(58)59,20-8-36(60)61)21-9-37(62)63,17-5-33(56)51-46(22-10-38(64)65,23-11-39(66)67)24-12-40(68)69)18-6-34(57)52-47(25-13-41(70)71,26-14-42(72)73)27-15-43(74)75;;;;;;;;;/h1,31H,4-29H2,2H3,(H,49,54)(H,50,55)(H,51,56)(H,52,57)(H,53,76)(H,58,59)(H,60,61)(H,62,63)(H,64,65)(H,66,67)(H,68,69)(H,70,71)(H,72,73)(H,74,75);;;;;;;;;/q;9*+1/p-9/t31-;;;;;;;;;/m0........./s1. The number of carboxylic acid groups (broad SMARTS) is 9. The van der Waals surface area contributed by atoms with Crippen molar-refractivity contribution in [1.82, 2.24) is 26.6 Å². The van der Waals surface area contributed by atoms with E-state index in [0.29, 0.717) is 0 Å². The molecule has 432 valence electrons. The van der Waals surface area contributed by atoms with E-state index in [0.717, 1.165) is 6.92 Å². The Hall–Kier alpha value is 1.10. The van der Waals surface area contributed by atoms with E-state index >= 15 is 0 Å². The Labute approximate surface area is 697 Å². The molecule has 0 fully saturated rings. The minimum absolute atomic E-state index is 0. The zero-order valence-electron chi connectivity index (χ0n) is 51.3. The van der Waals surface area contributed by atoms with Crippen LogP contribution in [0.2, 0.25) is 0 Å². The van der Waals surface area contributed by atoms with E-state index in [1.807, 2.05) is 0 Å². The molecule has 0 unspecified atom stereocenters. The average Bonchev–Trinajstić information content (AvgIpc) is 3.32. The average molecular weight is 1300 g/mol. The maximum Gasteiger partial charge on any atom is 1.00 e. The minimum Gasteiger partial charge on any atom is -0.550 e. The van der Waals surface area contributed by atoms with E-state index in [2.05, 4.69) is 32.5 Å². The van der Waals surface area contributed by atoms with Crippen molar-refractivity contribution in [3.05, 3.63) is 0 Å². The van der Waals surface area contributed by atoms with Crippen LogP contribution in [0.3, 0.4) is 0 Å². The molecule has 0 heterocycles. The zero-order valence-corrected chi connectivity index (χ0v) is 69.3. The van der Waals surface area contributed by atoms with Gasteiger partial charge in [-0.1, -0.05) is 5.92 Å². The van der Waals surface area contributed by atoms with Gasteiger partial charge in [0.15, 0.2) is 0 Å². The van der Waals surface area contributed by atoms with Crippen LogP contribution in [-0.2, 0) is 71.9 Å². The molecule has 1 atom stereocenters. The van der Waals surface area contributed by atoms with Crippen LogP contribution in [0.1, 0.15) is 161 Å². The Balaban J connectivity index is -0.000000802. The molecule has 0 saturated carbocycles. The summed E-state index contributed by atoms with van der Waals surface area (Å²) in [6.07, 6.45) is -12.8. The van der Waals surface area contributed by atoms with Gasteiger partial charge in [0.1, 0.15) is 12.6 Å². The number of amides is 5. The third-order valence-corrected chi connectivity index (χ3v) is 12.5. The molecule has 0 saturated heterocycles. The summed E-state index contributed by atoms with van der Waals surface area (Å²) >= 11 is 0. The zero-order chi connectivity index (χ0) is 59.0. The van der Waals surface area contributed by atoms with E-state index in [-0.39, 0.29) is 266 Å². The Morgan fingerprint density at radius 2 is 0.535 bits per heavy atom. The van der Waals surface area contributed by atoms with Crippen LogP contribution >= 0.6 is 0 Å². The number of ether oxygens (including phenoxy) is 1. The summed E-state index contributed by atoms with van der Waals surface area (Å²) in [5, 5.41) is 117. The summed E-state index contributed by atoms with van der Waals surface area (Å²) in [5.41, 5.74) is -7.97. The largest absolute Gasteiger partial charge is 1.00 e. The van der Waals surface area contributed by atoms with E-state index < -0.39 is 279 Å². The maximum atomic E-state index is 14.3. The van der Waals surface area contributed by atoms with Gasteiger partial charge in [-0.15, -0.1) is 6.42 Å².